The summed E-state index contributed by atoms with van der Waals surface area (Å²) in [4.78, 5) is 22.5. The van der Waals surface area contributed by atoms with Gasteiger partial charge >= 0.3 is 0 Å². The van der Waals surface area contributed by atoms with Crippen LogP contribution in [0.25, 0.3) is 43.4 Å². The van der Waals surface area contributed by atoms with Crippen LogP contribution in [0.5, 0.6) is 0 Å². The largest absolute Gasteiger partial charge is 0.512 e. The minimum atomic E-state index is 0. The number of aliphatic hydroxyl groups excluding tert-OH is 1. The van der Waals surface area contributed by atoms with Crippen molar-refractivity contribution in [3.05, 3.63) is 95.3 Å². The van der Waals surface area contributed by atoms with E-state index in [0.717, 1.165) is 54.3 Å². The van der Waals surface area contributed by atoms with Crippen molar-refractivity contribution in [2.75, 3.05) is 0 Å². The van der Waals surface area contributed by atoms with Gasteiger partial charge in [0.15, 0.2) is 5.78 Å². The fourth-order valence-electron chi connectivity index (χ4n) is 6.23. The molecule has 5 rings (SSSR count). The third kappa shape index (κ3) is 10.2. The van der Waals surface area contributed by atoms with E-state index in [1.54, 1.807) is 0 Å². The first-order valence-electron chi connectivity index (χ1n) is 17.6. The van der Waals surface area contributed by atoms with Gasteiger partial charge in [-0.1, -0.05) is 97.5 Å². The van der Waals surface area contributed by atoms with Gasteiger partial charge < -0.3 is 5.11 Å². The number of aromatic nitrogens is 2. The topological polar surface area (TPSA) is 63.1 Å². The van der Waals surface area contributed by atoms with Gasteiger partial charge in [0.05, 0.1) is 16.0 Å². The van der Waals surface area contributed by atoms with Gasteiger partial charge in [-0.3, -0.25) is 14.8 Å². The van der Waals surface area contributed by atoms with E-state index in [4.69, 9.17) is 4.98 Å². The van der Waals surface area contributed by atoms with Gasteiger partial charge in [0.1, 0.15) is 0 Å². The van der Waals surface area contributed by atoms with E-state index in [2.05, 4.69) is 100 Å². The Bertz CT molecular complexity index is 1860. The monoisotopic (exact) mass is 854 g/mol. The second-order valence-electron chi connectivity index (χ2n) is 14.2. The zero-order chi connectivity index (χ0) is 35.0. The molecule has 0 amide bonds. The Labute approximate surface area is 311 Å². The van der Waals surface area contributed by atoms with Gasteiger partial charge in [-0.25, -0.2) is 0 Å². The Kier molecular flexibility index (Phi) is 14.9. The Morgan fingerprint density at radius 2 is 1.55 bits per heavy atom. The molecule has 0 saturated heterocycles. The molecule has 3 aromatic heterocycles. The summed E-state index contributed by atoms with van der Waals surface area (Å²) >= 11 is 1.87. The van der Waals surface area contributed by atoms with Crippen molar-refractivity contribution in [3.8, 4) is 22.4 Å². The van der Waals surface area contributed by atoms with Gasteiger partial charge in [0.2, 0.25) is 0 Å². The Balaban J connectivity index is 0.000000347. The van der Waals surface area contributed by atoms with Crippen LogP contribution in [0.1, 0.15) is 98.4 Å². The molecule has 1 radical (unpaired) electrons. The van der Waals surface area contributed by atoms with Crippen molar-refractivity contribution >= 4 is 38.1 Å². The van der Waals surface area contributed by atoms with Crippen LogP contribution < -0.4 is 0 Å². The Hall–Kier alpha value is -3.18. The fourth-order valence-corrected chi connectivity index (χ4v) is 7.59. The molecular formula is C43H53IrN2O2S-. The molecule has 0 saturated carbocycles. The smallest absolute Gasteiger partial charge is 0.162 e. The molecule has 0 spiro atoms. The molecule has 1 N–H and O–H groups in total. The molecule has 5 aromatic rings. The summed E-state index contributed by atoms with van der Waals surface area (Å²) in [6, 6.07) is 23.1. The van der Waals surface area contributed by atoms with Gasteiger partial charge in [0.25, 0.3) is 0 Å². The van der Waals surface area contributed by atoms with Gasteiger partial charge in [0, 0.05) is 66.5 Å². The third-order valence-corrected chi connectivity index (χ3v) is 10.3. The van der Waals surface area contributed by atoms with E-state index >= 15 is 0 Å². The van der Waals surface area contributed by atoms with Crippen molar-refractivity contribution in [2.24, 2.45) is 17.8 Å². The normalized spacial score (nSPS) is 12.0. The maximum Gasteiger partial charge on any atom is 0.162 e. The summed E-state index contributed by atoms with van der Waals surface area (Å²) in [5, 5.41) is 12.2. The molecule has 0 atom stereocenters. The molecular weight excluding hydrogens is 801 g/mol. The predicted octanol–water partition coefficient (Wildman–Crippen LogP) is 12.3. The van der Waals surface area contributed by atoms with E-state index < -0.39 is 0 Å². The van der Waals surface area contributed by atoms with Crippen LogP contribution in [0.4, 0.5) is 0 Å². The molecule has 0 bridgehead atoms. The van der Waals surface area contributed by atoms with E-state index in [-0.39, 0.29) is 48.9 Å². The molecule has 3 heterocycles. The first kappa shape index (κ1) is 40.3. The van der Waals surface area contributed by atoms with E-state index in [9.17, 15) is 9.90 Å². The van der Waals surface area contributed by atoms with Crippen LogP contribution in [0.2, 0.25) is 0 Å². The number of benzene rings is 2. The first-order valence-corrected chi connectivity index (χ1v) is 18.5. The number of carbonyl (C=O) groups is 1. The zero-order valence-corrected chi connectivity index (χ0v) is 33.9. The van der Waals surface area contributed by atoms with Crippen molar-refractivity contribution in [1.29, 1.82) is 0 Å². The Morgan fingerprint density at radius 3 is 2.18 bits per heavy atom. The standard InChI is InChI=1S/C30H29N2S.C13H24O2.Ir/c1-19(2)14-23-18-28-29(33-23)25(11-13-32-28)21-10-12-31-27(17-21)22-15-20-8-6-7-9-24(20)26(16-22)30(3,4)5;1-5-10(6-2)12(14)9-13(15)11(7-3)8-4;/h6-13,16-19H,14H2,1-5H3;9-11,14H,5-8H2,1-4H3;/q-1;;/b;12-9-;. The summed E-state index contributed by atoms with van der Waals surface area (Å²) in [7, 11) is 0. The van der Waals surface area contributed by atoms with Gasteiger partial charge in [-0.2, -0.15) is 0 Å². The van der Waals surface area contributed by atoms with Crippen molar-refractivity contribution in [3.63, 3.8) is 0 Å². The molecule has 0 unspecified atom stereocenters. The second-order valence-corrected chi connectivity index (χ2v) is 15.3. The molecule has 6 heteroatoms. The van der Waals surface area contributed by atoms with Crippen LogP contribution in [0.3, 0.4) is 0 Å². The van der Waals surface area contributed by atoms with Crippen LogP contribution in [-0.4, -0.2) is 20.9 Å². The molecule has 0 fully saturated rings. The van der Waals surface area contributed by atoms with E-state index in [1.807, 2.05) is 51.4 Å². The molecule has 49 heavy (non-hydrogen) atoms. The van der Waals surface area contributed by atoms with E-state index in [1.165, 1.54) is 37.7 Å². The average molecular weight is 854 g/mol. The number of hydrogen-bond acceptors (Lipinski definition) is 5. The summed E-state index contributed by atoms with van der Waals surface area (Å²) in [6.45, 7) is 19.4. The quantitative estimate of drug-likeness (QED) is 0.0817. The average Bonchev–Trinajstić information content (AvgIpc) is 3.47. The van der Waals surface area contributed by atoms with Crippen molar-refractivity contribution in [2.45, 2.75) is 99.8 Å². The predicted molar refractivity (Wildman–Crippen MR) is 206 cm³/mol. The number of thiophene rings is 1. The van der Waals surface area contributed by atoms with Gasteiger partial charge in [-0.15, -0.1) is 40.5 Å². The minimum Gasteiger partial charge on any atom is -0.512 e. The number of fused-ring (bicyclic) bond motifs is 2. The maximum atomic E-state index is 11.7. The van der Waals surface area contributed by atoms with Crippen LogP contribution in [-0.2, 0) is 36.7 Å². The molecule has 2 aromatic carbocycles. The number of ketones is 1. The molecule has 0 aliphatic rings. The summed E-state index contributed by atoms with van der Waals surface area (Å²) in [5.41, 5.74) is 6.82. The van der Waals surface area contributed by atoms with Gasteiger partial charge in [-0.05, 0) is 67.2 Å². The molecule has 4 nitrogen and oxygen atoms in total. The number of nitrogens with zero attached hydrogens (tertiary/aromatic N) is 2. The summed E-state index contributed by atoms with van der Waals surface area (Å²) < 4.78 is 1.25. The number of allylic oxidation sites excluding steroid dienone is 2. The summed E-state index contributed by atoms with van der Waals surface area (Å²) in [5.74, 6) is 1.18. The van der Waals surface area contributed by atoms with Crippen LogP contribution >= 0.6 is 11.3 Å². The number of pyridine rings is 2. The van der Waals surface area contributed by atoms with E-state index in [0.29, 0.717) is 5.92 Å². The summed E-state index contributed by atoms with van der Waals surface area (Å²) in [6.07, 6.45) is 9.83. The fraction of sp³-hybridized carbons (Fsp3) is 0.419. The number of hydrogen-bond donors (Lipinski definition) is 1. The maximum absolute atomic E-state index is 11.7. The third-order valence-electron chi connectivity index (χ3n) is 9.08. The molecule has 0 aliphatic carbocycles. The minimum absolute atomic E-state index is 0. The SMILES string of the molecule is CC(C)Cc1cc2nccc(-c3ccnc(-c4[c-]c5ccccc5c(C(C)(C)C)c4)c3)c2s1.CCC(CC)C(=O)/C=C(\O)C(CC)CC.[Ir]. The Morgan fingerprint density at radius 1 is 0.898 bits per heavy atom. The second kappa shape index (κ2) is 18.2. The van der Waals surface area contributed by atoms with Crippen LogP contribution in [0.15, 0.2) is 78.8 Å². The zero-order valence-electron chi connectivity index (χ0n) is 30.7. The molecule has 263 valence electrons. The number of carbonyl (C=O) groups excluding carboxylic acids is 1. The van der Waals surface area contributed by atoms with Crippen molar-refractivity contribution in [1.82, 2.24) is 9.97 Å². The number of aliphatic hydroxyl groups is 1. The first-order chi connectivity index (χ1) is 22.9. The van der Waals surface area contributed by atoms with Crippen LogP contribution in [0, 0.1) is 23.8 Å². The number of rotatable bonds is 11. The van der Waals surface area contributed by atoms with Crippen molar-refractivity contribution < 1.29 is 30.0 Å². The molecule has 0 aliphatic heterocycles.